The van der Waals surface area contributed by atoms with Crippen LogP contribution in [0.4, 0.5) is 14.5 Å². The molecule has 1 amide bonds. The third-order valence-electron chi connectivity index (χ3n) is 3.00. The lowest BCUT2D eigenvalue weighted by molar-refractivity contribution is -0.121. The molecule has 0 aliphatic heterocycles. The van der Waals surface area contributed by atoms with Gasteiger partial charge in [-0.3, -0.25) is 4.79 Å². The predicted octanol–water partition coefficient (Wildman–Crippen LogP) is 2.31. The molecule has 4 nitrogen and oxygen atoms in total. The Morgan fingerprint density at radius 2 is 2.00 bits per heavy atom. The average molecular weight is 279 g/mol. The van der Waals surface area contributed by atoms with Crippen LogP contribution in [0.15, 0.2) is 12.1 Å². The highest BCUT2D eigenvalue weighted by atomic mass is 19.1. The van der Waals surface area contributed by atoms with E-state index in [4.69, 9.17) is 5.26 Å². The Kier molecular flexibility index (Phi) is 4.51. The van der Waals surface area contributed by atoms with Gasteiger partial charge in [-0.25, -0.2) is 8.78 Å². The summed E-state index contributed by atoms with van der Waals surface area (Å²) in [6, 6.07) is 3.96. The number of nitrogens with one attached hydrogen (secondary N) is 2. The van der Waals surface area contributed by atoms with Gasteiger partial charge in [-0.15, -0.1) is 0 Å². The third kappa shape index (κ3) is 3.92. The van der Waals surface area contributed by atoms with Crippen molar-refractivity contribution in [1.29, 1.82) is 5.26 Å². The maximum absolute atomic E-state index is 13.5. The molecule has 0 spiro atoms. The Balaban J connectivity index is 1.79. The molecule has 2 rings (SSSR count). The van der Waals surface area contributed by atoms with Gasteiger partial charge in [-0.05, 0) is 31.4 Å². The van der Waals surface area contributed by atoms with Crippen LogP contribution in [0.1, 0.15) is 31.2 Å². The number of anilines is 1. The summed E-state index contributed by atoms with van der Waals surface area (Å²) in [6.07, 6.45) is 2.87. The van der Waals surface area contributed by atoms with E-state index in [2.05, 4.69) is 10.6 Å². The van der Waals surface area contributed by atoms with Crippen LogP contribution in [0.25, 0.3) is 0 Å². The zero-order valence-electron chi connectivity index (χ0n) is 10.9. The zero-order valence-corrected chi connectivity index (χ0v) is 10.9. The highest BCUT2D eigenvalue weighted by Crippen LogP contribution is 2.21. The predicted molar refractivity (Wildman–Crippen MR) is 70.0 cm³/mol. The van der Waals surface area contributed by atoms with E-state index in [1.165, 1.54) is 0 Å². The summed E-state index contributed by atoms with van der Waals surface area (Å²) in [5, 5.41) is 14.0. The van der Waals surface area contributed by atoms with Gasteiger partial charge in [0, 0.05) is 19.0 Å². The van der Waals surface area contributed by atoms with E-state index in [-0.39, 0.29) is 23.7 Å². The summed E-state index contributed by atoms with van der Waals surface area (Å²) in [7, 11) is 0. The maximum Gasteiger partial charge on any atom is 0.220 e. The Morgan fingerprint density at radius 3 is 2.55 bits per heavy atom. The van der Waals surface area contributed by atoms with Crippen molar-refractivity contribution in [3.8, 4) is 6.07 Å². The fraction of sp³-hybridized carbons (Fsp3) is 0.429. The number of amides is 1. The minimum atomic E-state index is -0.802. The average Bonchev–Trinajstić information content (AvgIpc) is 3.20. The summed E-state index contributed by atoms with van der Waals surface area (Å²) < 4.78 is 27.1. The van der Waals surface area contributed by atoms with Crippen LogP contribution in [0.2, 0.25) is 0 Å². The van der Waals surface area contributed by atoms with Crippen molar-refractivity contribution >= 4 is 11.6 Å². The van der Waals surface area contributed by atoms with Gasteiger partial charge in [0.2, 0.25) is 5.91 Å². The number of benzene rings is 1. The lowest BCUT2D eigenvalue weighted by atomic mass is 10.2. The van der Waals surface area contributed by atoms with Crippen LogP contribution in [0, 0.1) is 23.0 Å². The maximum atomic E-state index is 13.5. The first-order chi connectivity index (χ1) is 9.60. The van der Waals surface area contributed by atoms with Crippen LogP contribution in [-0.4, -0.2) is 18.5 Å². The molecule has 20 heavy (non-hydrogen) atoms. The number of nitriles is 1. The molecule has 0 heterocycles. The molecule has 1 aromatic carbocycles. The SMILES string of the molecule is N#Cc1cc(F)c(NCCCC(=O)NC2CC2)c(F)c1. The molecule has 1 aliphatic rings. The minimum Gasteiger partial charge on any atom is -0.380 e. The molecule has 2 N–H and O–H groups in total. The van der Waals surface area contributed by atoms with Crippen LogP contribution in [-0.2, 0) is 4.79 Å². The van der Waals surface area contributed by atoms with Gasteiger partial charge >= 0.3 is 0 Å². The van der Waals surface area contributed by atoms with Crippen LogP contribution >= 0.6 is 0 Å². The standard InChI is InChI=1S/C14H15F2N3O/c15-11-6-9(8-17)7-12(16)14(11)18-5-1-2-13(20)19-10-3-4-10/h6-7,10,18H,1-5H2,(H,19,20). The molecule has 1 aliphatic carbocycles. The van der Waals surface area contributed by atoms with Gasteiger partial charge in [0.25, 0.3) is 0 Å². The summed E-state index contributed by atoms with van der Waals surface area (Å²) in [5.74, 6) is -1.64. The molecule has 0 atom stereocenters. The Hall–Kier alpha value is -2.16. The first kappa shape index (κ1) is 14.3. The van der Waals surface area contributed by atoms with Crippen molar-refractivity contribution in [2.75, 3.05) is 11.9 Å². The van der Waals surface area contributed by atoms with Gasteiger partial charge in [0.15, 0.2) is 11.6 Å². The normalized spacial score (nSPS) is 13.7. The molecule has 1 fully saturated rings. The fourth-order valence-corrected chi connectivity index (χ4v) is 1.80. The highest BCUT2D eigenvalue weighted by molar-refractivity contribution is 5.76. The van der Waals surface area contributed by atoms with Crippen molar-refractivity contribution in [3.63, 3.8) is 0 Å². The van der Waals surface area contributed by atoms with Crippen LogP contribution in [0.5, 0.6) is 0 Å². The molecule has 106 valence electrons. The zero-order chi connectivity index (χ0) is 14.5. The number of nitrogens with zero attached hydrogens (tertiary/aromatic N) is 1. The first-order valence-electron chi connectivity index (χ1n) is 6.52. The van der Waals surface area contributed by atoms with Gasteiger partial charge < -0.3 is 10.6 Å². The van der Waals surface area contributed by atoms with E-state index in [0.29, 0.717) is 18.9 Å². The molecule has 1 saturated carbocycles. The van der Waals surface area contributed by atoms with Crippen molar-refractivity contribution in [2.24, 2.45) is 0 Å². The molecule has 0 saturated heterocycles. The lowest BCUT2D eigenvalue weighted by Crippen LogP contribution is -2.25. The molecular formula is C14H15F2N3O. The van der Waals surface area contributed by atoms with Gasteiger partial charge in [-0.1, -0.05) is 0 Å². The van der Waals surface area contributed by atoms with E-state index >= 15 is 0 Å². The summed E-state index contributed by atoms with van der Waals surface area (Å²) in [6.45, 7) is 0.290. The number of halogens is 2. The first-order valence-corrected chi connectivity index (χ1v) is 6.52. The molecule has 0 bridgehead atoms. The summed E-state index contributed by atoms with van der Waals surface area (Å²) in [4.78, 5) is 11.4. The second-order valence-corrected chi connectivity index (χ2v) is 4.80. The molecule has 0 aromatic heterocycles. The third-order valence-corrected chi connectivity index (χ3v) is 3.00. The van der Waals surface area contributed by atoms with Crippen molar-refractivity contribution < 1.29 is 13.6 Å². The van der Waals surface area contributed by atoms with Gasteiger partial charge in [0.1, 0.15) is 5.69 Å². The van der Waals surface area contributed by atoms with E-state index in [1.807, 2.05) is 0 Å². The van der Waals surface area contributed by atoms with E-state index in [0.717, 1.165) is 25.0 Å². The Bertz CT molecular complexity index is 527. The molecular weight excluding hydrogens is 264 g/mol. The fourth-order valence-electron chi connectivity index (χ4n) is 1.80. The van der Waals surface area contributed by atoms with Crippen molar-refractivity contribution in [3.05, 3.63) is 29.3 Å². The monoisotopic (exact) mass is 279 g/mol. The number of hydrogen-bond donors (Lipinski definition) is 2. The van der Waals surface area contributed by atoms with Crippen LogP contribution in [0.3, 0.4) is 0 Å². The van der Waals surface area contributed by atoms with Gasteiger partial charge in [0.05, 0.1) is 11.6 Å². The smallest absolute Gasteiger partial charge is 0.220 e. The van der Waals surface area contributed by atoms with E-state index in [1.54, 1.807) is 6.07 Å². The van der Waals surface area contributed by atoms with Crippen molar-refractivity contribution in [2.45, 2.75) is 31.7 Å². The van der Waals surface area contributed by atoms with E-state index in [9.17, 15) is 13.6 Å². The quantitative estimate of drug-likeness (QED) is 0.785. The second-order valence-electron chi connectivity index (χ2n) is 4.80. The number of carbonyl (C=O) groups excluding carboxylic acids is 1. The molecule has 0 radical (unpaired) electrons. The molecule has 0 unspecified atom stereocenters. The van der Waals surface area contributed by atoms with E-state index < -0.39 is 11.6 Å². The number of rotatable bonds is 6. The van der Waals surface area contributed by atoms with Crippen molar-refractivity contribution in [1.82, 2.24) is 5.32 Å². The summed E-state index contributed by atoms with van der Waals surface area (Å²) >= 11 is 0. The van der Waals surface area contributed by atoms with Gasteiger partial charge in [-0.2, -0.15) is 5.26 Å². The second kappa shape index (κ2) is 6.33. The van der Waals surface area contributed by atoms with Crippen LogP contribution < -0.4 is 10.6 Å². The number of carbonyl (C=O) groups is 1. The number of hydrogen-bond acceptors (Lipinski definition) is 3. The highest BCUT2D eigenvalue weighted by Gasteiger charge is 2.22. The largest absolute Gasteiger partial charge is 0.380 e. The topological polar surface area (TPSA) is 64.9 Å². The minimum absolute atomic E-state index is 0.0323. The lowest BCUT2D eigenvalue weighted by Gasteiger charge is -2.09. The Morgan fingerprint density at radius 1 is 1.35 bits per heavy atom. The molecule has 1 aromatic rings. The Labute approximate surface area is 115 Å². The molecule has 6 heteroatoms. The summed E-state index contributed by atoms with van der Waals surface area (Å²) in [5.41, 5.74) is -0.319.